The van der Waals surface area contributed by atoms with Crippen molar-refractivity contribution in [3.8, 4) is 6.07 Å². The number of rotatable bonds is 3. The minimum Gasteiger partial charge on any atom is -0.368 e. The second-order valence-corrected chi connectivity index (χ2v) is 7.82. The SMILES string of the molecule is CN1CCN(c2ccnc(N3CCN(c4ccc(C#N)c(C(F)(F)F)c4)CC3)n2)CC1. The predicted octanol–water partition coefficient (Wildman–Crippen LogP) is 2.45. The fourth-order valence-electron chi connectivity index (χ4n) is 3.93. The second kappa shape index (κ2) is 8.59. The van der Waals surface area contributed by atoms with Gasteiger partial charge in [0.2, 0.25) is 5.95 Å². The van der Waals surface area contributed by atoms with Crippen LogP contribution in [0.2, 0.25) is 0 Å². The Morgan fingerprint density at radius 2 is 1.55 bits per heavy atom. The van der Waals surface area contributed by atoms with Crippen LogP contribution in [0.5, 0.6) is 0 Å². The summed E-state index contributed by atoms with van der Waals surface area (Å²) in [5.74, 6) is 1.55. The van der Waals surface area contributed by atoms with Crippen molar-refractivity contribution in [1.29, 1.82) is 5.26 Å². The van der Waals surface area contributed by atoms with Crippen molar-refractivity contribution in [2.45, 2.75) is 6.18 Å². The lowest BCUT2D eigenvalue weighted by Gasteiger charge is -2.37. The van der Waals surface area contributed by atoms with E-state index >= 15 is 0 Å². The third-order valence-electron chi connectivity index (χ3n) is 5.81. The Bertz CT molecular complexity index is 956. The normalized spacial score (nSPS) is 18.2. The first-order valence-corrected chi connectivity index (χ1v) is 10.2. The molecule has 0 radical (unpaired) electrons. The molecule has 0 spiro atoms. The Hall–Kier alpha value is -3.06. The number of halogens is 3. The Kier molecular flexibility index (Phi) is 5.87. The number of nitrogens with zero attached hydrogens (tertiary/aromatic N) is 7. The van der Waals surface area contributed by atoms with Gasteiger partial charge in [-0.05, 0) is 31.3 Å². The zero-order valence-corrected chi connectivity index (χ0v) is 17.3. The van der Waals surface area contributed by atoms with Crippen LogP contribution < -0.4 is 14.7 Å². The van der Waals surface area contributed by atoms with Crippen LogP contribution in [0.4, 0.5) is 30.6 Å². The molecule has 4 rings (SSSR count). The molecule has 1 aromatic heterocycles. The molecule has 1 aromatic carbocycles. The number of alkyl halides is 3. The van der Waals surface area contributed by atoms with Gasteiger partial charge in [-0.2, -0.15) is 23.4 Å². The highest BCUT2D eigenvalue weighted by Gasteiger charge is 2.34. The number of benzene rings is 1. The van der Waals surface area contributed by atoms with Crippen LogP contribution in [-0.2, 0) is 6.18 Å². The van der Waals surface area contributed by atoms with Gasteiger partial charge in [-0.1, -0.05) is 0 Å². The van der Waals surface area contributed by atoms with Crippen LogP contribution in [0.15, 0.2) is 30.5 Å². The van der Waals surface area contributed by atoms with Crippen molar-refractivity contribution in [3.63, 3.8) is 0 Å². The maximum absolute atomic E-state index is 13.3. The molecule has 0 atom stereocenters. The molecular formula is C21H24F3N7. The Labute approximate surface area is 179 Å². The Morgan fingerprint density at radius 1 is 0.903 bits per heavy atom. The lowest BCUT2D eigenvalue weighted by atomic mass is 10.1. The predicted molar refractivity (Wildman–Crippen MR) is 112 cm³/mol. The van der Waals surface area contributed by atoms with Crippen LogP contribution >= 0.6 is 0 Å². The topological polar surface area (TPSA) is 62.5 Å². The molecule has 2 aliphatic rings. The number of piperazine rings is 2. The number of nitriles is 1. The van der Waals surface area contributed by atoms with Gasteiger partial charge >= 0.3 is 6.18 Å². The van der Waals surface area contributed by atoms with E-state index in [4.69, 9.17) is 10.2 Å². The lowest BCUT2D eigenvalue weighted by Crippen LogP contribution is -2.47. The first kappa shape index (κ1) is 21.2. The smallest absolute Gasteiger partial charge is 0.368 e. The molecule has 3 heterocycles. The van der Waals surface area contributed by atoms with E-state index < -0.39 is 11.7 Å². The van der Waals surface area contributed by atoms with E-state index in [1.54, 1.807) is 18.3 Å². The van der Waals surface area contributed by atoms with Gasteiger partial charge in [0.15, 0.2) is 0 Å². The highest BCUT2D eigenvalue weighted by molar-refractivity contribution is 5.56. The van der Waals surface area contributed by atoms with E-state index in [1.807, 2.05) is 11.0 Å². The monoisotopic (exact) mass is 431 g/mol. The average Bonchev–Trinajstić information content (AvgIpc) is 2.79. The fourth-order valence-corrected chi connectivity index (χ4v) is 3.93. The van der Waals surface area contributed by atoms with Crippen molar-refractivity contribution in [3.05, 3.63) is 41.6 Å². The molecule has 10 heteroatoms. The molecular weight excluding hydrogens is 407 g/mol. The molecule has 164 valence electrons. The van der Waals surface area contributed by atoms with Gasteiger partial charge in [0.25, 0.3) is 0 Å². The first-order chi connectivity index (χ1) is 14.8. The van der Waals surface area contributed by atoms with E-state index in [2.05, 4.69) is 26.7 Å². The number of likely N-dealkylation sites (N-methyl/N-ethyl adjacent to an activating group) is 1. The minimum atomic E-state index is -4.56. The number of hydrogen-bond acceptors (Lipinski definition) is 7. The number of aromatic nitrogens is 2. The highest BCUT2D eigenvalue weighted by Crippen LogP contribution is 2.34. The molecule has 2 saturated heterocycles. The average molecular weight is 431 g/mol. The van der Waals surface area contributed by atoms with Crippen molar-refractivity contribution in [2.75, 3.05) is 74.1 Å². The second-order valence-electron chi connectivity index (χ2n) is 7.82. The molecule has 0 bridgehead atoms. The van der Waals surface area contributed by atoms with Crippen LogP contribution in [0.1, 0.15) is 11.1 Å². The van der Waals surface area contributed by atoms with Gasteiger partial charge in [-0.15, -0.1) is 0 Å². The molecule has 7 nitrogen and oxygen atoms in total. The van der Waals surface area contributed by atoms with Gasteiger partial charge in [-0.25, -0.2) is 4.98 Å². The summed E-state index contributed by atoms with van der Waals surface area (Å²) in [6, 6.07) is 7.43. The third kappa shape index (κ3) is 4.66. The largest absolute Gasteiger partial charge is 0.417 e. The fraction of sp³-hybridized carbons (Fsp3) is 0.476. The molecule has 0 saturated carbocycles. The van der Waals surface area contributed by atoms with Gasteiger partial charge in [0.05, 0.1) is 17.2 Å². The van der Waals surface area contributed by atoms with E-state index in [-0.39, 0.29) is 5.56 Å². The quantitative estimate of drug-likeness (QED) is 0.740. The van der Waals surface area contributed by atoms with Crippen molar-refractivity contribution in [2.24, 2.45) is 0 Å². The summed E-state index contributed by atoms with van der Waals surface area (Å²) in [7, 11) is 2.10. The lowest BCUT2D eigenvalue weighted by molar-refractivity contribution is -0.137. The van der Waals surface area contributed by atoms with Crippen molar-refractivity contribution < 1.29 is 13.2 Å². The molecule has 2 aromatic rings. The summed E-state index contributed by atoms with van der Waals surface area (Å²) in [5.41, 5.74) is -0.778. The number of anilines is 3. The zero-order valence-electron chi connectivity index (χ0n) is 17.3. The Balaban J connectivity index is 1.44. The summed E-state index contributed by atoms with van der Waals surface area (Å²) in [6.45, 7) is 6.12. The minimum absolute atomic E-state index is 0.357. The molecule has 2 fully saturated rings. The summed E-state index contributed by atoms with van der Waals surface area (Å²) in [4.78, 5) is 17.6. The summed E-state index contributed by atoms with van der Waals surface area (Å²) >= 11 is 0. The van der Waals surface area contributed by atoms with Crippen molar-refractivity contribution in [1.82, 2.24) is 14.9 Å². The summed E-state index contributed by atoms with van der Waals surface area (Å²) in [6.07, 6.45) is -2.79. The molecule has 31 heavy (non-hydrogen) atoms. The van der Waals surface area contributed by atoms with Crippen LogP contribution in [-0.4, -0.2) is 74.3 Å². The van der Waals surface area contributed by atoms with Crippen molar-refractivity contribution >= 4 is 17.5 Å². The van der Waals surface area contributed by atoms with E-state index in [1.165, 1.54) is 6.07 Å². The molecule has 0 N–H and O–H groups in total. The molecule has 2 aliphatic heterocycles. The van der Waals surface area contributed by atoms with E-state index in [9.17, 15) is 13.2 Å². The molecule has 0 amide bonds. The summed E-state index contributed by atoms with van der Waals surface area (Å²) in [5, 5.41) is 8.98. The highest BCUT2D eigenvalue weighted by atomic mass is 19.4. The molecule has 0 unspecified atom stereocenters. The maximum Gasteiger partial charge on any atom is 0.417 e. The molecule has 0 aliphatic carbocycles. The number of hydrogen-bond donors (Lipinski definition) is 0. The van der Waals surface area contributed by atoms with Gasteiger partial charge in [0, 0.05) is 64.2 Å². The standard InChI is InChI=1S/C21H24F3N7/c1-28-6-8-30(9-7-28)19-4-5-26-20(27-19)31-12-10-29(11-13-31)17-3-2-16(15-25)18(14-17)21(22,23)24/h2-5,14H,6-13H2,1H3. The van der Waals surface area contributed by atoms with Crippen LogP contribution in [0.3, 0.4) is 0 Å². The zero-order chi connectivity index (χ0) is 22.0. The van der Waals surface area contributed by atoms with Gasteiger partial charge in [-0.3, -0.25) is 0 Å². The van der Waals surface area contributed by atoms with Gasteiger partial charge < -0.3 is 19.6 Å². The Morgan fingerprint density at radius 3 is 2.19 bits per heavy atom. The van der Waals surface area contributed by atoms with E-state index in [0.717, 1.165) is 38.1 Å². The maximum atomic E-state index is 13.3. The first-order valence-electron chi connectivity index (χ1n) is 10.2. The van der Waals surface area contributed by atoms with Gasteiger partial charge in [0.1, 0.15) is 5.82 Å². The third-order valence-corrected chi connectivity index (χ3v) is 5.81. The van der Waals surface area contributed by atoms with E-state index in [0.29, 0.717) is 37.8 Å². The summed E-state index contributed by atoms with van der Waals surface area (Å²) < 4.78 is 39.8. The van der Waals surface area contributed by atoms with Crippen LogP contribution in [0.25, 0.3) is 0 Å². The van der Waals surface area contributed by atoms with Crippen LogP contribution in [0, 0.1) is 11.3 Å².